The highest BCUT2D eigenvalue weighted by molar-refractivity contribution is 5.39. The van der Waals surface area contributed by atoms with Crippen molar-refractivity contribution in [3.05, 3.63) is 23.9 Å². The van der Waals surface area contributed by atoms with Crippen LogP contribution in [0.1, 0.15) is 39.2 Å². The van der Waals surface area contributed by atoms with Crippen molar-refractivity contribution in [2.45, 2.75) is 45.1 Å². The fraction of sp³-hybridized carbons (Fsp3) is 0.667. The molecule has 1 aromatic rings. The van der Waals surface area contributed by atoms with Gasteiger partial charge in [-0.05, 0) is 35.8 Å². The number of aromatic nitrogens is 1. The van der Waals surface area contributed by atoms with Gasteiger partial charge in [0.2, 0.25) is 0 Å². The molecule has 2 N–H and O–H groups in total. The summed E-state index contributed by atoms with van der Waals surface area (Å²) >= 11 is 0. The first-order chi connectivity index (χ1) is 8.36. The fourth-order valence-corrected chi connectivity index (χ4v) is 2.47. The van der Waals surface area contributed by atoms with Gasteiger partial charge in [-0.3, -0.25) is 0 Å². The van der Waals surface area contributed by atoms with Gasteiger partial charge in [0, 0.05) is 25.8 Å². The number of rotatable bonds is 3. The Morgan fingerprint density at radius 2 is 2.00 bits per heavy atom. The van der Waals surface area contributed by atoms with Crippen molar-refractivity contribution in [2.75, 3.05) is 18.5 Å². The van der Waals surface area contributed by atoms with Gasteiger partial charge in [-0.15, -0.1) is 0 Å². The SMILES string of the molecule is CN(CC1CC(N)C1)c1ccc(C(C)(C)C)cn1. The molecule has 0 radical (unpaired) electrons. The number of anilines is 1. The molecule has 0 atom stereocenters. The summed E-state index contributed by atoms with van der Waals surface area (Å²) in [6.07, 6.45) is 4.31. The highest BCUT2D eigenvalue weighted by Gasteiger charge is 2.27. The van der Waals surface area contributed by atoms with E-state index in [-0.39, 0.29) is 5.41 Å². The van der Waals surface area contributed by atoms with E-state index in [1.54, 1.807) is 0 Å². The Bertz CT molecular complexity index is 385. The molecule has 1 heterocycles. The summed E-state index contributed by atoms with van der Waals surface area (Å²) in [5.74, 6) is 1.80. The molecule has 1 aliphatic rings. The summed E-state index contributed by atoms with van der Waals surface area (Å²) in [6.45, 7) is 7.70. The second-order valence-corrected chi connectivity index (χ2v) is 6.63. The molecule has 0 unspecified atom stereocenters. The van der Waals surface area contributed by atoms with Crippen LogP contribution < -0.4 is 10.6 Å². The van der Waals surface area contributed by atoms with Gasteiger partial charge in [0.15, 0.2) is 0 Å². The topological polar surface area (TPSA) is 42.1 Å². The molecule has 0 aromatic carbocycles. The average molecular weight is 247 g/mol. The van der Waals surface area contributed by atoms with Crippen molar-refractivity contribution < 1.29 is 0 Å². The van der Waals surface area contributed by atoms with Gasteiger partial charge in [-0.1, -0.05) is 26.8 Å². The highest BCUT2D eigenvalue weighted by atomic mass is 15.2. The summed E-state index contributed by atoms with van der Waals surface area (Å²) in [7, 11) is 2.11. The van der Waals surface area contributed by atoms with E-state index in [0.717, 1.165) is 31.1 Å². The van der Waals surface area contributed by atoms with E-state index in [2.05, 4.69) is 49.8 Å². The number of hydrogen-bond donors (Lipinski definition) is 1. The monoisotopic (exact) mass is 247 g/mol. The third-order valence-electron chi connectivity index (χ3n) is 3.81. The lowest BCUT2D eigenvalue weighted by Gasteiger charge is -2.35. The molecule has 0 spiro atoms. The van der Waals surface area contributed by atoms with E-state index in [4.69, 9.17) is 5.73 Å². The van der Waals surface area contributed by atoms with Crippen molar-refractivity contribution >= 4 is 5.82 Å². The third kappa shape index (κ3) is 3.02. The van der Waals surface area contributed by atoms with Crippen LogP contribution in [0.25, 0.3) is 0 Å². The molecule has 1 aromatic heterocycles. The maximum Gasteiger partial charge on any atom is 0.128 e. The minimum absolute atomic E-state index is 0.171. The number of hydrogen-bond acceptors (Lipinski definition) is 3. The van der Waals surface area contributed by atoms with Gasteiger partial charge < -0.3 is 10.6 Å². The maximum atomic E-state index is 5.82. The van der Waals surface area contributed by atoms with E-state index < -0.39 is 0 Å². The number of pyridine rings is 1. The van der Waals surface area contributed by atoms with Crippen LogP contribution in [-0.2, 0) is 5.41 Å². The summed E-state index contributed by atoms with van der Waals surface area (Å²) in [5, 5.41) is 0. The normalized spacial score (nSPS) is 23.6. The minimum Gasteiger partial charge on any atom is -0.359 e. The second kappa shape index (κ2) is 4.88. The van der Waals surface area contributed by atoms with Crippen LogP contribution in [0.3, 0.4) is 0 Å². The van der Waals surface area contributed by atoms with Crippen LogP contribution in [0.2, 0.25) is 0 Å². The van der Waals surface area contributed by atoms with E-state index in [9.17, 15) is 0 Å². The van der Waals surface area contributed by atoms with Gasteiger partial charge >= 0.3 is 0 Å². The average Bonchev–Trinajstić information content (AvgIpc) is 2.26. The lowest BCUT2D eigenvalue weighted by atomic mass is 9.80. The first kappa shape index (κ1) is 13.3. The van der Waals surface area contributed by atoms with Crippen LogP contribution in [0.5, 0.6) is 0 Å². The van der Waals surface area contributed by atoms with Gasteiger partial charge in [0.25, 0.3) is 0 Å². The smallest absolute Gasteiger partial charge is 0.128 e. The van der Waals surface area contributed by atoms with Gasteiger partial charge in [0.1, 0.15) is 5.82 Å². The largest absolute Gasteiger partial charge is 0.359 e. The van der Waals surface area contributed by atoms with Crippen molar-refractivity contribution in [2.24, 2.45) is 11.7 Å². The lowest BCUT2D eigenvalue weighted by molar-refractivity contribution is 0.270. The van der Waals surface area contributed by atoms with Crippen molar-refractivity contribution in [3.8, 4) is 0 Å². The Labute approximate surface area is 110 Å². The molecule has 3 heteroatoms. The molecule has 1 saturated carbocycles. The van der Waals surface area contributed by atoms with Crippen LogP contribution in [0.4, 0.5) is 5.82 Å². The van der Waals surface area contributed by atoms with E-state index in [1.165, 1.54) is 5.56 Å². The summed E-state index contributed by atoms with van der Waals surface area (Å²) in [4.78, 5) is 6.81. The molecule has 0 saturated heterocycles. The highest BCUT2D eigenvalue weighted by Crippen LogP contribution is 2.28. The second-order valence-electron chi connectivity index (χ2n) is 6.63. The van der Waals surface area contributed by atoms with Crippen molar-refractivity contribution in [1.82, 2.24) is 4.98 Å². The standard InChI is InChI=1S/C15H25N3/c1-15(2,3)12-5-6-14(17-9-12)18(4)10-11-7-13(16)8-11/h5-6,9,11,13H,7-8,10,16H2,1-4H3. The molecule has 100 valence electrons. The molecule has 1 fully saturated rings. The number of nitrogens with two attached hydrogens (primary N) is 1. The lowest BCUT2D eigenvalue weighted by Crippen LogP contribution is -2.42. The molecular weight excluding hydrogens is 222 g/mol. The Kier molecular flexibility index (Phi) is 3.62. The Morgan fingerprint density at radius 1 is 1.33 bits per heavy atom. The first-order valence-corrected chi connectivity index (χ1v) is 6.79. The first-order valence-electron chi connectivity index (χ1n) is 6.79. The predicted octanol–water partition coefficient (Wildman–Crippen LogP) is 2.55. The molecule has 0 amide bonds. The van der Waals surface area contributed by atoms with Crippen LogP contribution >= 0.6 is 0 Å². The predicted molar refractivity (Wildman–Crippen MR) is 76.9 cm³/mol. The zero-order valence-electron chi connectivity index (χ0n) is 12.0. The Hall–Kier alpha value is -1.09. The van der Waals surface area contributed by atoms with Crippen molar-refractivity contribution in [3.63, 3.8) is 0 Å². The van der Waals surface area contributed by atoms with Crippen LogP contribution in [0, 0.1) is 5.92 Å². The Balaban J connectivity index is 1.96. The van der Waals surface area contributed by atoms with E-state index in [1.807, 2.05) is 6.20 Å². The van der Waals surface area contributed by atoms with Gasteiger partial charge in [-0.2, -0.15) is 0 Å². The van der Waals surface area contributed by atoms with E-state index >= 15 is 0 Å². The molecule has 18 heavy (non-hydrogen) atoms. The zero-order chi connectivity index (χ0) is 13.3. The quantitative estimate of drug-likeness (QED) is 0.892. The van der Waals surface area contributed by atoms with Crippen LogP contribution in [-0.4, -0.2) is 24.6 Å². The van der Waals surface area contributed by atoms with E-state index in [0.29, 0.717) is 6.04 Å². The summed E-state index contributed by atoms with van der Waals surface area (Å²) < 4.78 is 0. The fourth-order valence-electron chi connectivity index (χ4n) is 2.47. The summed E-state index contributed by atoms with van der Waals surface area (Å²) in [5.41, 5.74) is 7.27. The van der Waals surface area contributed by atoms with Gasteiger partial charge in [-0.25, -0.2) is 4.98 Å². The Morgan fingerprint density at radius 3 is 2.44 bits per heavy atom. The van der Waals surface area contributed by atoms with Gasteiger partial charge in [0.05, 0.1) is 0 Å². The molecule has 3 nitrogen and oxygen atoms in total. The van der Waals surface area contributed by atoms with Crippen molar-refractivity contribution in [1.29, 1.82) is 0 Å². The molecule has 2 rings (SSSR count). The summed E-state index contributed by atoms with van der Waals surface area (Å²) in [6, 6.07) is 4.74. The number of nitrogens with zero attached hydrogens (tertiary/aromatic N) is 2. The van der Waals surface area contributed by atoms with Crippen LogP contribution in [0.15, 0.2) is 18.3 Å². The molecular formula is C15H25N3. The minimum atomic E-state index is 0.171. The molecule has 0 aliphatic heterocycles. The maximum absolute atomic E-state index is 5.82. The molecule has 1 aliphatic carbocycles. The molecule has 0 bridgehead atoms. The zero-order valence-corrected chi connectivity index (χ0v) is 12.0. The third-order valence-corrected chi connectivity index (χ3v) is 3.81.